The molecule has 0 atom stereocenters. The highest BCUT2D eigenvalue weighted by atomic mass is 19.3. The first-order chi connectivity index (χ1) is 5.19. The number of alkyl halides is 2. The van der Waals surface area contributed by atoms with Gasteiger partial charge in [-0.3, -0.25) is 4.79 Å². The summed E-state index contributed by atoms with van der Waals surface area (Å²) in [5.41, 5.74) is -0.612. The molecule has 0 spiro atoms. The Balaban J connectivity index is 4.23. The van der Waals surface area contributed by atoms with Crippen LogP contribution < -0.4 is 0 Å². The van der Waals surface area contributed by atoms with Crippen LogP contribution in [0.25, 0.3) is 0 Å². The molecular formula is C9H16F2O. The van der Waals surface area contributed by atoms with Crippen LogP contribution in [0, 0.1) is 5.41 Å². The van der Waals surface area contributed by atoms with Crippen molar-refractivity contribution in [3.05, 3.63) is 0 Å². The van der Waals surface area contributed by atoms with Crippen molar-refractivity contribution in [2.75, 3.05) is 0 Å². The summed E-state index contributed by atoms with van der Waals surface area (Å²) >= 11 is 0. The highest BCUT2D eigenvalue weighted by Gasteiger charge is 2.33. The Morgan fingerprint density at radius 1 is 1.25 bits per heavy atom. The lowest BCUT2D eigenvalue weighted by molar-refractivity contribution is -0.133. The highest BCUT2D eigenvalue weighted by Crippen LogP contribution is 2.28. The maximum absolute atomic E-state index is 12.4. The Bertz CT molecular complexity index is 168. The summed E-state index contributed by atoms with van der Waals surface area (Å²) in [5.74, 6) is -3.23. The van der Waals surface area contributed by atoms with Crippen molar-refractivity contribution in [2.45, 2.75) is 46.5 Å². The molecular weight excluding hydrogens is 162 g/mol. The van der Waals surface area contributed by atoms with E-state index in [0.717, 1.165) is 6.92 Å². The number of carbonyl (C=O) groups is 1. The van der Waals surface area contributed by atoms with Gasteiger partial charge in [-0.2, -0.15) is 0 Å². The summed E-state index contributed by atoms with van der Waals surface area (Å²) in [5, 5.41) is 0. The number of hydrogen-bond donors (Lipinski definition) is 0. The number of carbonyl (C=O) groups excluding carboxylic acids is 1. The van der Waals surface area contributed by atoms with Crippen molar-refractivity contribution in [1.82, 2.24) is 0 Å². The normalized spacial score (nSPS) is 13.2. The largest absolute Gasteiger partial charge is 0.299 e. The lowest BCUT2D eigenvalue weighted by Crippen LogP contribution is -2.28. The SMILES string of the molecule is CCC(C)(C)C(=O)CC(C)(F)F. The molecule has 0 aromatic carbocycles. The third-order valence-corrected chi connectivity index (χ3v) is 2.11. The van der Waals surface area contributed by atoms with E-state index < -0.39 is 17.8 Å². The molecule has 0 saturated carbocycles. The van der Waals surface area contributed by atoms with Gasteiger partial charge in [-0.1, -0.05) is 20.8 Å². The van der Waals surface area contributed by atoms with Gasteiger partial charge in [-0.15, -0.1) is 0 Å². The molecule has 72 valence electrons. The van der Waals surface area contributed by atoms with Crippen molar-refractivity contribution >= 4 is 5.78 Å². The van der Waals surface area contributed by atoms with Crippen molar-refractivity contribution < 1.29 is 13.6 Å². The predicted molar refractivity (Wildman–Crippen MR) is 44.3 cm³/mol. The van der Waals surface area contributed by atoms with Crippen LogP contribution in [0.4, 0.5) is 8.78 Å². The Hall–Kier alpha value is -0.470. The number of halogens is 2. The molecule has 0 saturated heterocycles. The van der Waals surface area contributed by atoms with Crippen molar-refractivity contribution in [3.63, 3.8) is 0 Å². The van der Waals surface area contributed by atoms with Crippen molar-refractivity contribution in [1.29, 1.82) is 0 Å². The lowest BCUT2D eigenvalue weighted by atomic mass is 9.83. The van der Waals surface area contributed by atoms with E-state index in [2.05, 4.69) is 0 Å². The molecule has 1 nitrogen and oxygen atoms in total. The van der Waals surface area contributed by atoms with Crippen LogP contribution in [0.1, 0.15) is 40.5 Å². The van der Waals surface area contributed by atoms with E-state index in [1.165, 1.54) is 0 Å². The molecule has 0 aliphatic rings. The van der Waals surface area contributed by atoms with E-state index in [1.54, 1.807) is 13.8 Å². The average Bonchev–Trinajstić information content (AvgIpc) is 1.84. The van der Waals surface area contributed by atoms with Gasteiger partial charge in [-0.05, 0) is 13.3 Å². The smallest absolute Gasteiger partial charge is 0.252 e. The number of hydrogen-bond acceptors (Lipinski definition) is 1. The molecule has 0 bridgehead atoms. The third-order valence-electron chi connectivity index (χ3n) is 2.11. The van der Waals surface area contributed by atoms with Crippen LogP contribution in [-0.2, 0) is 4.79 Å². The van der Waals surface area contributed by atoms with Gasteiger partial charge in [0.1, 0.15) is 5.78 Å². The van der Waals surface area contributed by atoms with E-state index in [-0.39, 0.29) is 5.78 Å². The van der Waals surface area contributed by atoms with Gasteiger partial charge < -0.3 is 0 Å². The van der Waals surface area contributed by atoms with Crippen LogP contribution in [0.15, 0.2) is 0 Å². The zero-order valence-electron chi connectivity index (χ0n) is 8.08. The second kappa shape index (κ2) is 3.50. The molecule has 0 aromatic heterocycles. The van der Waals surface area contributed by atoms with Crippen LogP contribution in [-0.4, -0.2) is 11.7 Å². The van der Waals surface area contributed by atoms with Gasteiger partial charge in [0.15, 0.2) is 0 Å². The van der Waals surface area contributed by atoms with E-state index in [9.17, 15) is 13.6 Å². The highest BCUT2D eigenvalue weighted by molar-refractivity contribution is 5.84. The molecule has 0 rings (SSSR count). The zero-order chi connectivity index (χ0) is 9.99. The Morgan fingerprint density at radius 2 is 1.67 bits per heavy atom. The molecule has 0 fully saturated rings. The molecule has 3 heteroatoms. The lowest BCUT2D eigenvalue weighted by Gasteiger charge is -2.22. The Labute approximate surface area is 72.2 Å². The summed E-state index contributed by atoms with van der Waals surface area (Å²) in [7, 11) is 0. The average molecular weight is 178 g/mol. The third kappa shape index (κ3) is 3.79. The van der Waals surface area contributed by atoms with E-state index in [4.69, 9.17) is 0 Å². The fourth-order valence-electron chi connectivity index (χ4n) is 0.718. The summed E-state index contributed by atoms with van der Waals surface area (Å²) in [6, 6.07) is 0. The summed E-state index contributed by atoms with van der Waals surface area (Å²) in [4.78, 5) is 11.2. The molecule has 0 aromatic rings. The quantitative estimate of drug-likeness (QED) is 0.646. The van der Waals surface area contributed by atoms with Crippen molar-refractivity contribution in [3.8, 4) is 0 Å². The second-order valence-corrected chi connectivity index (χ2v) is 3.91. The maximum Gasteiger partial charge on any atom is 0.252 e. The molecule has 0 amide bonds. The minimum atomic E-state index is -2.87. The van der Waals surface area contributed by atoms with Crippen LogP contribution in [0.5, 0.6) is 0 Å². The fourth-order valence-corrected chi connectivity index (χ4v) is 0.718. The monoisotopic (exact) mass is 178 g/mol. The summed E-state index contributed by atoms with van der Waals surface area (Å²) in [6.45, 7) is 5.99. The minimum absolute atomic E-state index is 0.363. The fraction of sp³-hybridized carbons (Fsp3) is 0.889. The molecule has 0 N–H and O–H groups in total. The van der Waals surface area contributed by atoms with Crippen LogP contribution in [0.3, 0.4) is 0 Å². The molecule has 0 unspecified atom stereocenters. The predicted octanol–water partition coefficient (Wildman–Crippen LogP) is 3.04. The van der Waals surface area contributed by atoms with Gasteiger partial charge in [0.05, 0.1) is 6.42 Å². The van der Waals surface area contributed by atoms with Crippen molar-refractivity contribution in [2.24, 2.45) is 5.41 Å². The first-order valence-electron chi connectivity index (χ1n) is 4.10. The Kier molecular flexibility index (Phi) is 3.36. The number of rotatable bonds is 4. The topological polar surface area (TPSA) is 17.1 Å². The molecule has 0 aliphatic carbocycles. The number of Topliss-reactive ketones (excluding diaryl/α,β-unsaturated/α-hetero) is 1. The zero-order valence-corrected chi connectivity index (χ0v) is 8.08. The molecule has 12 heavy (non-hydrogen) atoms. The molecule has 0 radical (unpaired) electrons. The van der Waals surface area contributed by atoms with Crippen LogP contribution >= 0.6 is 0 Å². The minimum Gasteiger partial charge on any atom is -0.299 e. The Morgan fingerprint density at radius 3 is 1.92 bits per heavy atom. The first-order valence-corrected chi connectivity index (χ1v) is 4.10. The summed E-state index contributed by atoms with van der Waals surface area (Å²) in [6.07, 6.45) is -0.0459. The van der Waals surface area contributed by atoms with Crippen LogP contribution in [0.2, 0.25) is 0 Å². The van der Waals surface area contributed by atoms with Gasteiger partial charge in [0.2, 0.25) is 0 Å². The second-order valence-electron chi connectivity index (χ2n) is 3.91. The molecule has 0 heterocycles. The molecule has 0 aliphatic heterocycles. The van der Waals surface area contributed by atoms with Gasteiger partial charge in [0.25, 0.3) is 5.92 Å². The number of ketones is 1. The standard InChI is InChI=1S/C9H16F2O/c1-5-8(2,3)7(12)6-9(4,10)11/h5-6H2,1-4H3. The summed E-state index contributed by atoms with van der Waals surface area (Å²) < 4.78 is 24.8. The first kappa shape index (κ1) is 11.5. The maximum atomic E-state index is 12.4. The van der Waals surface area contributed by atoms with Gasteiger partial charge in [-0.25, -0.2) is 8.78 Å². The van der Waals surface area contributed by atoms with Gasteiger partial charge in [0, 0.05) is 5.41 Å². The van der Waals surface area contributed by atoms with E-state index in [0.29, 0.717) is 6.42 Å². The van der Waals surface area contributed by atoms with E-state index in [1.807, 2.05) is 6.92 Å². The van der Waals surface area contributed by atoms with E-state index >= 15 is 0 Å². The van der Waals surface area contributed by atoms with Gasteiger partial charge >= 0.3 is 0 Å².